The van der Waals surface area contributed by atoms with Crippen molar-refractivity contribution in [3.8, 4) is 0 Å². The number of aromatic nitrogens is 2. The van der Waals surface area contributed by atoms with E-state index in [0.717, 1.165) is 12.8 Å². The number of aliphatic hydroxyl groups is 2. The average molecular weight is 348 g/mol. The maximum atomic E-state index is 11.9. The number of anilines is 1. The second-order valence-electron chi connectivity index (χ2n) is 5.47. The SMILES string of the molecule is CC(C)(CCCO)CNc1cnn(CCO)c(=O)c1Br. The lowest BCUT2D eigenvalue weighted by Crippen LogP contribution is -2.28. The Kier molecular flexibility index (Phi) is 6.64. The Hall–Kier alpha value is -0.920. The maximum absolute atomic E-state index is 11.9. The predicted molar refractivity (Wildman–Crippen MR) is 81.9 cm³/mol. The summed E-state index contributed by atoms with van der Waals surface area (Å²) in [4.78, 5) is 11.9. The Morgan fingerprint density at radius 1 is 1.40 bits per heavy atom. The van der Waals surface area contributed by atoms with Crippen LogP contribution in [0.15, 0.2) is 15.5 Å². The molecule has 6 nitrogen and oxygen atoms in total. The summed E-state index contributed by atoms with van der Waals surface area (Å²) in [5, 5.41) is 24.9. The molecule has 1 aromatic rings. The van der Waals surface area contributed by atoms with Crippen molar-refractivity contribution in [3.63, 3.8) is 0 Å². The van der Waals surface area contributed by atoms with Gasteiger partial charge in [-0.3, -0.25) is 4.79 Å². The smallest absolute Gasteiger partial charge is 0.283 e. The van der Waals surface area contributed by atoms with Gasteiger partial charge in [0.1, 0.15) is 4.47 Å². The molecule has 3 N–H and O–H groups in total. The van der Waals surface area contributed by atoms with Gasteiger partial charge in [-0.15, -0.1) is 0 Å². The predicted octanol–water partition coefficient (Wildman–Crippen LogP) is 1.21. The van der Waals surface area contributed by atoms with Crippen LogP contribution in [0.1, 0.15) is 26.7 Å². The largest absolute Gasteiger partial charge is 0.396 e. The van der Waals surface area contributed by atoms with Crippen molar-refractivity contribution in [3.05, 3.63) is 21.0 Å². The Morgan fingerprint density at radius 2 is 2.10 bits per heavy atom. The molecule has 0 aliphatic carbocycles. The lowest BCUT2D eigenvalue weighted by molar-refractivity contribution is 0.248. The number of hydrogen-bond acceptors (Lipinski definition) is 5. The zero-order chi connectivity index (χ0) is 15.2. The summed E-state index contributed by atoms with van der Waals surface area (Å²) in [6.07, 6.45) is 3.22. The maximum Gasteiger partial charge on any atom is 0.283 e. The third-order valence-corrected chi connectivity index (χ3v) is 3.83. The molecule has 0 atom stereocenters. The van der Waals surface area contributed by atoms with Gasteiger partial charge in [0.25, 0.3) is 5.56 Å². The Balaban J connectivity index is 2.74. The first-order valence-electron chi connectivity index (χ1n) is 6.62. The van der Waals surface area contributed by atoms with Gasteiger partial charge in [-0.1, -0.05) is 13.8 Å². The van der Waals surface area contributed by atoms with Crippen LogP contribution in [0.3, 0.4) is 0 Å². The zero-order valence-corrected chi connectivity index (χ0v) is 13.5. The highest BCUT2D eigenvalue weighted by molar-refractivity contribution is 9.10. The van der Waals surface area contributed by atoms with Crippen LogP contribution >= 0.6 is 15.9 Å². The molecule has 0 aliphatic heterocycles. The highest BCUT2D eigenvalue weighted by atomic mass is 79.9. The fourth-order valence-electron chi connectivity index (χ4n) is 1.82. The third-order valence-electron chi connectivity index (χ3n) is 3.07. The van der Waals surface area contributed by atoms with E-state index in [0.29, 0.717) is 16.7 Å². The van der Waals surface area contributed by atoms with E-state index in [9.17, 15) is 4.79 Å². The van der Waals surface area contributed by atoms with E-state index in [4.69, 9.17) is 10.2 Å². The molecule has 7 heteroatoms. The van der Waals surface area contributed by atoms with Crippen molar-refractivity contribution < 1.29 is 10.2 Å². The van der Waals surface area contributed by atoms with Crippen molar-refractivity contribution in [2.45, 2.75) is 33.2 Å². The molecule has 20 heavy (non-hydrogen) atoms. The van der Waals surface area contributed by atoms with Gasteiger partial charge in [0.2, 0.25) is 0 Å². The van der Waals surface area contributed by atoms with Gasteiger partial charge in [0.05, 0.1) is 25.0 Å². The molecular formula is C13H22BrN3O3. The van der Waals surface area contributed by atoms with Crippen molar-refractivity contribution >= 4 is 21.6 Å². The van der Waals surface area contributed by atoms with Crippen LogP contribution in [0.5, 0.6) is 0 Å². The van der Waals surface area contributed by atoms with Crippen molar-refractivity contribution in [2.24, 2.45) is 5.41 Å². The monoisotopic (exact) mass is 347 g/mol. The number of nitrogens with one attached hydrogen (secondary N) is 1. The van der Waals surface area contributed by atoms with Crippen LogP contribution in [0.25, 0.3) is 0 Å². The molecule has 114 valence electrons. The molecule has 1 heterocycles. The van der Waals surface area contributed by atoms with Gasteiger partial charge in [-0.2, -0.15) is 5.10 Å². The molecular weight excluding hydrogens is 326 g/mol. The number of rotatable bonds is 8. The lowest BCUT2D eigenvalue weighted by atomic mass is 9.88. The fourth-order valence-corrected chi connectivity index (χ4v) is 2.27. The van der Waals surface area contributed by atoms with Crippen LogP contribution in [-0.2, 0) is 6.54 Å². The number of halogens is 1. The van der Waals surface area contributed by atoms with Crippen molar-refractivity contribution in [2.75, 3.05) is 25.1 Å². The molecule has 0 fully saturated rings. The van der Waals surface area contributed by atoms with Gasteiger partial charge >= 0.3 is 0 Å². The minimum absolute atomic E-state index is 0.0160. The highest BCUT2D eigenvalue weighted by Crippen LogP contribution is 2.24. The second kappa shape index (κ2) is 7.75. The number of hydrogen-bond donors (Lipinski definition) is 3. The van der Waals surface area contributed by atoms with Crippen LogP contribution in [0, 0.1) is 5.41 Å². The summed E-state index contributed by atoms with van der Waals surface area (Å²) in [6.45, 7) is 5.12. The molecule has 0 aliphatic rings. The van der Waals surface area contributed by atoms with Gasteiger partial charge in [0.15, 0.2) is 0 Å². The van der Waals surface area contributed by atoms with Gasteiger partial charge in [0, 0.05) is 13.2 Å². The number of aliphatic hydroxyl groups excluding tert-OH is 2. The number of nitrogens with zero attached hydrogens (tertiary/aromatic N) is 2. The topological polar surface area (TPSA) is 87.4 Å². The van der Waals surface area contributed by atoms with Gasteiger partial charge in [-0.25, -0.2) is 4.68 Å². The van der Waals surface area contributed by atoms with Gasteiger partial charge in [-0.05, 0) is 34.2 Å². The summed E-state index contributed by atoms with van der Waals surface area (Å²) < 4.78 is 1.63. The Bertz CT molecular complexity index is 488. The van der Waals surface area contributed by atoms with E-state index in [1.165, 1.54) is 4.68 Å². The van der Waals surface area contributed by atoms with E-state index >= 15 is 0 Å². The van der Waals surface area contributed by atoms with Crippen molar-refractivity contribution in [1.82, 2.24) is 9.78 Å². The first-order chi connectivity index (χ1) is 9.41. The molecule has 0 saturated heterocycles. The van der Waals surface area contributed by atoms with E-state index in [1.807, 2.05) is 0 Å². The molecule has 0 saturated carbocycles. The van der Waals surface area contributed by atoms with E-state index in [1.54, 1.807) is 6.20 Å². The van der Waals surface area contributed by atoms with E-state index in [2.05, 4.69) is 40.2 Å². The Labute approximate surface area is 127 Å². The molecule has 0 bridgehead atoms. The molecule has 1 rings (SSSR count). The fraction of sp³-hybridized carbons (Fsp3) is 0.692. The van der Waals surface area contributed by atoms with Crippen LogP contribution in [0.2, 0.25) is 0 Å². The molecule has 0 spiro atoms. The molecule has 1 aromatic heterocycles. The van der Waals surface area contributed by atoms with E-state index in [-0.39, 0.29) is 30.7 Å². The zero-order valence-electron chi connectivity index (χ0n) is 11.9. The quantitative estimate of drug-likeness (QED) is 0.657. The molecule has 0 radical (unpaired) electrons. The summed E-state index contributed by atoms with van der Waals surface area (Å²) in [5.74, 6) is 0. The van der Waals surface area contributed by atoms with E-state index < -0.39 is 0 Å². The average Bonchev–Trinajstić information content (AvgIpc) is 2.41. The second-order valence-corrected chi connectivity index (χ2v) is 6.26. The first kappa shape index (κ1) is 17.1. The van der Waals surface area contributed by atoms with Crippen LogP contribution in [0.4, 0.5) is 5.69 Å². The highest BCUT2D eigenvalue weighted by Gasteiger charge is 2.18. The first-order valence-corrected chi connectivity index (χ1v) is 7.42. The normalized spacial score (nSPS) is 11.7. The third kappa shape index (κ3) is 4.88. The van der Waals surface area contributed by atoms with Gasteiger partial charge < -0.3 is 15.5 Å². The summed E-state index contributed by atoms with van der Waals surface area (Å²) in [6, 6.07) is 0. The standard InChI is InChI=1S/C13H22BrN3O3/c1-13(2,4-3-6-18)9-15-10-8-16-17(5-7-19)12(20)11(10)14/h8,15,18-19H,3-7,9H2,1-2H3. The lowest BCUT2D eigenvalue weighted by Gasteiger charge is -2.25. The minimum Gasteiger partial charge on any atom is -0.396 e. The molecule has 0 unspecified atom stereocenters. The summed E-state index contributed by atoms with van der Waals surface area (Å²) >= 11 is 3.26. The Morgan fingerprint density at radius 3 is 2.70 bits per heavy atom. The van der Waals surface area contributed by atoms with Crippen LogP contribution in [-0.4, -0.2) is 39.8 Å². The van der Waals surface area contributed by atoms with Crippen molar-refractivity contribution in [1.29, 1.82) is 0 Å². The van der Waals surface area contributed by atoms with Crippen LogP contribution < -0.4 is 10.9 Å². The molecule has 0 amide bonds. The minimum atomic E-state index is -0.266. The molecule has 0 aromatic carbocycles. The summed E-state index contributed by atoms with van der Waals surface area (Å²) in [5.41, 5.74) is 0.390. The summed E-state index contributed by atoms with van der Waals surface area (Å²) in [7, 11) is 0.